The highest BCUT2D eigenvalue weighted by Gasteiger charge is 2.05. The molecule has 0 heterocycles. The molecule has 0 aliphatic rings. The lowest BCUT2D eigenvalue weighted by atomic mass is 10.2. The lowest BCUT2D eigenvalue weighted by Crippen LogP contribution is -2.25. The van der Waals surface area contributed by atoms with Crippen LogP contribution in [0.4, 0.5) is 0 Å². The van der Waals surface area contributed by atoms with Gasteiger partial charge in [0.1, 0.15) is 12.4 Å². The Morgan fingerprint density at radius 1 is 1.12 bits per heavy atom. The van der Waals surface area contributed by atoms with Crippen molar-refractivity contribution in [1.29, 1.82) is 0 Å². The van der Waals surface area contributed by atoms with Gasteiger partial charge in [-0.25, -0.2) is 0 Å². The van der Waals surface area contributed by atoms with Gasteiger partial charge in [0.15, 0.2) is 0 Å². The summed E-state index contributed by atoms with van der Waals surface area (Å²) in [6.07, 6.45) is 0.897. The number of benzene rings is 2. The molecule has 2 aromatic carbocycles. The molecule has 0 radical (unpaired) electrons. The summed E-state index contributed by atoms with van der Waals surface area (Å²) in [6.45, 7) is 4.34. The fourth-order valence-electron chi connectivity index (χ4n) is 2.26. The summed E-state index contributed by atoms with van der Waals surface area (Å²) in [5.74, 6) is 0.898. The Balaban J connectivity index is 1.84. The van der Waals surface area contributed by atoms with Crippen LogP contribution in [0.2, 0.25) is 0 Å². The van der Waals surface area contributed by atoms with Crippen molar-refractivity contribution in [1.82, 2.24) is 10.6 Å². The number of rotatable bonds is 9. The molecule has 0 aliphatic carbocycles. The largest absolute Gasteiger partial charge is 0.489 e. The van der Waals surface area contributed by atoms with Crippen molar-refractivity contribution >= 4 is 21.8 Å². The average molecular weight is 391 g/mol. The topological polar surface area (TPSA) is 50.4 Å². The van der Waals surface area contributed by atoms with E-state index in [4.69, 9.17) is 4.74 Å². The number of ether oxygens (including phenoxy) is 1. The molecule has 4 nitrogen and oxygen atoms in total. The highest BCUT2D eigenvalue weighted by molar-refractivity contribution is 9.10. The lowest BCUT2D eigenvalue weighted by molar-refractivity contribution is -0.118. The molecule has 0 saturated carbocycles. The zero-order valence-electron chi connectivity index (χ0n) is 13.8. The van der Waals surface area contributed by atoms with Gasteiger partial charge in [0.05, 0.1) is 0 Å². The van der Waals surface area contributed by atoms with Crippen molar-refractivity contribution < 1.29 is 9.53 Å². The minimum absolute atomic E-state index is 0.0126. The van der Waals surface area contributed by atoms with Gasteiger partial charge in [-0.15, -0.1) is 0 Å². The molecule has 1 amide bonds. The van der Waals surface area contributed by atoms with Crippen LogP contribution in [0, 0.1) is 0 Å². The van der Waals surface area contributed by atoms with E-state index in [0.717, 1.165) is 40.9 Å². The predicted octanol–water partition coefficient (Wildman–Crippen LogP) is 3.64. The second-order valence-corrected chi connectivity index (χ2v) is 6.46. The fraction of sp³-hybridized carbons (Fsp3) is 0.316. The minimum atomic E-state index is 0.0126. The summed E-state index contributed by atoms with van der Waals surface area (Å²) in [6, 6.07) is 16.2. The summed E-state index contributed by atoms with van der Waals surface area (Å²) in [7, 11) is 0. The Hall–Kier alpha value is -1.85. The molecule has 0 aliphatic heterocycles. The van der Waals surface area contributed by atoms with E-state index >= 15 is 0 Å². The molecular formula is C19H23BrN2O2. The van der Waals surface area contributed by atoms with E-state index in [1.54, 1.807) is 0 Å². The molecule has 2 rings (SSSR count). The van der Waals surface area contributed by atoms with Gasteiger partial charge in [-0.3, -0.25) is 4.79 Å². The maximum atomic E-state index is 10.8. The second-order valence-electron chi connectivity index (χ2n) is 5.54. The summed E-state index contributed by atoms with van der Waals surface area (Å²) in [5, 5.41) is 6.18. The van der Waals surface area contributed by atoms with Gasteiger partial charge in [0, 0.05) is 30.0 Å². The first-order chi connectivity index (χ1) is 11.6. The summed E-state index contributed by atoms with van der Waals surface area (Å²) < 4.78 is 7.00. The summed E-state index contributed by atoms with van der Waals surface area (Å²) in [4.78, 5) is 10.8. The van der Waals surface area contributed by atoms with E-state index < -0.39 is 0 Å². The van der Waals surface area contributed by atoms with Crippen LogP contribution < -0.4 is 15.4 Å². The van der Waals surface area contributed by atoms with Crippen LogP contribution in [0.1, 0.15) is 24.5 Å². The molecule has 0 aromatic heterocycles. The number of halogens is 1. The van der Waals surface area contributed by atoms with E-state index in [-0.39, 0.29) is 5.91 Å². The summed E-state index contributed by atoms with van der Waals surface area (Å²) in [5.41, 5.74) is 2.26. The van der Waals surface area contributed by atoms with Crippen LogP contribution in [0.25, 0.3) is 0 Å². The highest BCUT2D eigenvalue weighted by Crippen LogP contribution is 2.24. The number of amides is 1. The first-order valence-electron chi connectivity index (χ1n) is 8.05. The molecule has 0 saturated heterocycles. The zero-order valence-corrected chi connectivity index (χ0v) is 15.4. The Kier molecular flexibility index (Phi) is 7.79. The van der Waals surface area contributed by atoms with Crippen molar-refractivity contribution in [3.8, 4) is 5.75 Å². The third-order valence-corrected chi connectivity index (χ3v) is 3.97. The minimum Gasteiger partial charge on any atom is -0.489 e. The molecule has 24 heavy (non-hydrogen) atoms. The van der Waals surface area contributed by atoms with Crippen LogP contribution in [-0.2, 0) is 17.9 Å². The molecule has 0 atom stereocenters. The van der Waals surface area contributed by atoms with Crippen LogP contribution in [0.3, 0.4) is 0 Å². The molecule has 2 N–H and O–H groups in total. The van der Waals surface area contributed by atoms with E-state index in [2.05, 4.69) is 44.8 Å². The number of hydrogen-bond acceptors (Lipinski definition) is 3. The zero-order chi connectivity index (χ0) is 17.2. The van der Waals surface area contributed by atoms with Crippen molar-refractivity contribution in [2.24, 2.45) is 0 Å². The predicted molar refractivity (Wildman–Crippen MR) is 99.9 cm³/mol. The third kappa shape index (κ3) is 6.72. The van der Waals surface area contributed by atoms with Crippen molar-refractivity contribution in [2.45, 2.75) is 26.5 Å². The smallest absolute Gasteiger partial charge is 0.216 e. The van der Waals surface area contributed by atoms with Crippen LogP contribution in [0.5, 0.6) is 5.75 Å². The maximum absolute atomic E-state index is 10.8. The van der Waals surface area contributed by atoms with Gasteiger partial charge in [-0.05, 0) is 36.7 Å². The van der Waals surface area contributed by atoms with Crippen LogP contribution >= 0.6 is 15.9 Å². The first kappa shape index (κ1) is 18.5. The molecule has 5 heteroatoms. The van der Waals surface area contributed by atoms with Gasteiger partial charge in [-0.1, -0.05) is 46.3 Å². The average Bonchev–Trinajstić information content (AvgIpc) is 2.58. The third-order valence-electron chi connectivity index (χ3n) is 3.48. The molecule has 0 bridgehead atoms. The quantitative estimate of drug-likeness (QED) is 0.642. The normalized spacial score (nSPS) is 10.4. The Morgan fingerprint density at radius 2 is 1.92 bits per heavy atom. The number of nitrogens with one attached hydrogen (secondary N) is 2. The molecular weight excluding hydrogens is 368 g/mol. The van der Waals surface area contributed by atoms with E-state index in [1.807, 2.05) is 30.3 Å². The Morgan fingerprint density at radius 3 is 2.67 bits per heavy atom. The van der Waals surface area contributed by atoms with Gasteiger partial charge >= 0.3 is 0 Å². The van der Waals surface area contributed by atoms with Gasteiger partial charge in [-0.2, -0.15) is 0 Å². The number of carbonyl (C=O) groups excluding carboxylic acids is 1. The van der Waals surface area contributed by atoms with Gasteiger partial charge in [0.25, 0.3) is 0 Å². The monoisotopic (exact) mass is 390 g/mol. The van der Waals surface area contributed by atoms with Crippen molar-refractivity contribution in [2.75, 3.05) is 13.1 Å². The van der Waals surface area contributed by atoms with Crippen LogP contribution in [0.15, 0.2) is 53.0 Å². The SMILES string of the molecule is CC(=O)NCCCNCc1cc(Br)ccc1OCc1ccccc1. The summed E-state index contributed by atoms with van der Waals surface area (Å²) >= 11 is 3.51. The standard InChI is InChI=1S/C19H23BrN2O2/c1-15(23)22-11-5-10-21-13-17-12-18(20)8-9-19(17)24-14-16-6-3-2-4-7-16/h2-4,6-9,12,21H,5,10-11,13-14H2,1H3,(H,22,23). The molecule has 0 spiro atoms. The van der Waals surface area contributed by atoms with E-state index in [1.165, 1.54) is 6.92 Å². The molecule has 128 valence electrons. The lowest BCUT2D eigenvalue weighted by Gasteiger charge is -2.13. The Bertz CT molecular complexity index is 647. The van der Waals surface area contributed by atoms with Crippen molar-refractivity contribution in [3.05, 3.63) is 64.1 Å². The maximum Gasteiger partial charge on any atom is 0.216 e. The van der Waals surface area contributed by atoms with E-state index in [0.29, 0.717) is 13.2 Å². The van der Waals surface area contributed by atoms with Crippen molar-refractivity contribution in [3.63, 3.8) is 0 Å². The Labute approximate surface area is 151 Å². The molecule has 0 fully saturated rings. The molecule has 0 unspecified atom stereocenters. The number of carbonyl (C=O) groups is 1. The number of hydrogen-bond donors (Lipinski definition) is 2. The highest BCUT2D eigenvalue weighted by atomic mass is 79.9. The van der Waals surface area contributed by atoms with E-state index in [9.17, 15) is 4.79 Å². The fourth-order valence-corrected chi connectivity index (χ4v) is 2.67. The van der Waals surface area contributed by atoms with Gasteiger partial charge < -0.3 is 15.4 Å². The first-order valence-corrected chi connectivity index (χ1v) is 8.85. The molecule has 2 aromatic rings. The van der Waals surface area contributed by atoms with Crippen LogP contribution in [-0.4, -0.2) is 19.0 Å². The van der Waals surface area contributed by atoms with Gasteiger partial charge in [0.2, 0.25) is 5.91 Å². The second kappa shape index (κ2) is 10.1.